The van der Waals surface area contributed by atoms with Crippen LogP contribution in [0.2, 0.25) is 0 Å². The molecule has 158 valence electrons. The van der Waals surface area contributed by atoms with Crippen LogP contribution in [-0.4, -0.2) is 73.0 Å². The summed E-state index contributed by atoms with van der Waals surface area (Å²) < 4.78 is 5.75. The number of hydrogen-bond donors (Lipinski definition) is 1. The van der Waals surface area contributed by atoms with Crippen molar-refractivity contribution in [3.05, 3.63) is 34.9 Å². The molecule has 0 bridgehead atoms. The number of fused-ring (bicyclic) bond motifs is 1. The average Bonchev–Trinajstić information content (AvgIpc) is 2.90. The molecule has 1 N–H and O–H groups in total. The van der Waals surface area contributed by atoms with E-state index in [2.05, 4.69) is 24.1 Å². The number of carbonyl (C=O) groups excluding carboxylic acids is 3. The van der Waals surface area contributed by atoms with Gasteiger partial charge in [-0.25, -0.2) is 0 Å². The van der Waals surface area contributed by atoms with Gasteiger partial charge in [0.25, 0.3) is 11.8 Å². The molecule has 2 aliphatic rings. The van der Waals surface area contributed by atoms with E-state index in [1.165, 1.54) is 4.90 Å². The minimum atomic E-state index is -0.272. The number of hydrogen-bond acceptors (Lipinski definition) is 5. The number of nitrogens with zero attached hydrogens (tertiary/aromatic N) is 2. The minimum absolute atomic E-state index is 0.00549. The van der Waals surface area contributed by atoms with Crippen LogP contribution in [-0.2, 0) is 9.53 Å². The topological polar surface area (TPSA) is 79.0 Å². The van der Waals surface area contributed by atoms with Crippen LogP contribution in [0.25, 0.3) is 0 Å². The summed E-state index contributed by atoms with van der Waals surface area (Å²) in [6, 6.07) is 5.27. The van der Waals surface area contributed by atoms with Gasteiger partial charge in [0.05, 0.1) is 23.8 Å². The van der Waals surface area contributed by atoms with Crippen LogP contribution < -0.4 is 5.32 Å². The summed E-state index contributed by atoms with van der Waals surface area (Å²) in [5.74, 6) is -0.0161. The number of aryl methyl sites for hydroxylation is 1. The normalized spacial score (nSPS) is 19.7. The van der Waals surface area contributed by atoms with Crippen molar-refractivity contribution in [1.29, 1.82) is 0 Å². The van der Waals surface area contributed by atoms with Gasteiger partial charge in [-0.15, -0.1) is 0 Å². The fourth-order valence-electron chi connectivity index (χ4n) is 3.91. The first-order chi connectivity index (χ1) is 13.8. The zero-order chi connectivity index (χ0) is 21.0. The van der Waals surface area contributed by atoms with Crippen molar-refractivity contribution >= 4 is 17.7 Å². The third kappa shape index (κ3) is 5.42. The Kier molecular flexibility index (Phi) is 7.03. The van der Waals surface area contributed by atoms with E-state index in [0.29, 0.717) is 36.6 Å². The Balaban J connectivity index is 1.39. The van der Waals surface area contributed by atoms with E-state index in [1.807, 2.05) is 13.0 Å². The maximum atomic E-state index is 12.5. The van der Waals surface area contributed by atoms with E-state index < -0.39 is 0 Å². The minimum Gasteiger partial charge on any atom is -0.374 e. The molecule has 0 saturated carbocycles. The van der Waals surface area contributed by atoms with E-state index >= 15 is 0 Å². The summed E-state index contributed by atoms with van der Waals surface area (Å²) in [6.07, 6.45) is 0.724. The fraction of sp³-hybridized carbons (Fsp3) is 0.591. The molecular formula is C22H31N3O4. The Morgan fingerprint density at radius 3 is 2.76 bits per heavy atom. The van der Waals surface area contributed by atoms with Gasteiger partial charge in [-0.05, 0) is 31.4 Å². The molecule has 0 spiro atoms. The number of imide groups is 1. The van der Waals surface area contributed by atoms with Gasteiger partial charge in [-0.2, -0.15) is 0 Å². The van der Waals surface area contributed by atoms with Crippen LogP contribution in [0.5, 0.6) is 0 Å². The molecule has 1 aromatic rings. The van der Waals surface area contributed by atoms with Crippen molar-refractivity contribution in [2.75, 3.05) is 39.3 Å². The standard InChI is InChI=1S/C22H31N3O4/c1-15(2)13-24-9-10-29-17(14-24)12-23-20(26)5-4-8-25-21(27)18-7-6-16(3)11-19(18)22(25)28/h6-7,11,15,17H,4-5,8-10,12-14H2,1-3H3,(H,23,26)/t17-/m1/s1. The van der Waals surface area contributed by atoms with Crippen molar-refractivity contribution in [2.45, 2.75) is 39.7 Å². The summed E-state index contributed by atoms with van der Waals surface area (Å²) in [5, 5.41) is 2.92. The number of carbonyl (C=O) groups is 3. The van der Waals surface area contributed by atoms with Gasteiger partial charge in [0, 0.05) is 39.1 Å². The highest BCUT2D eigenvalue weighted by molar-refractivity contribution is 6.21. The van der Waals surface area contributed by atoms with E-state index in [0.717, 1.165) is 25.2 Å². The number of rotatable bonds is 8. The van der Waals surface area contributed by atoms with Crippen LogP contribution in [0.15, 0.2) is 18.2 Å². The van der Waals surface area contributed by atoms with Crippen molar-refractivity contribution in [2.24, 2.45) is 5.92 Å². The SMILES string of the molecule is Cc1ccc2c(c1)C(=O)N(CCCC(=O)NC[C@@H]1CN(CC(C)C)CCO1)C2=O. The molecule has 3 rings (SSSR count). The molecule has 1 saturated heterocycles. The second-order valence-electron chi connectivity index (χ2n) is 8.36. The number of morpholine rings is 1. The molecule has 1 atom stereocenters. The first-order valence-corrected chi connectivity index (χ1v) is 10.4. The lowest BCUT2D eigenvalue weighted by atomic mass is 10.1. The Labute approximate surface area is 172 Å². The second-order valence-corrected chi connectivity index (χ2v) is 8.36. The van der Waals surface area contributed by atoms with E-state index in [4.69, 9.17) is 4.74 Å². The van der Waals surface area contributed by atoms with Crippen LogP contribution in [0.1, 0.15) is 53.0 Å². The molecule has 1 aromatic carbocycles. The monoisotopic (exact) mass is 401 g/mol. The van der Waals surface area contributed by atoms with Crippen LogP contribution >= 0.6 is 0 Å². The van der Waals surface area contributed by atoms with Gasteiger partial charge in [0.15, 0.2) is 0 Å². The lowest BCUT2D eigenvalue weighted by Crippen LogP contribution is -2.48. The molecule has 0 unspecified atom stereocenters. The number of benzene rings is 1. The Hall–Kier alpha value is -2.25. The number of nitrogens with one attached hydrogen (secondary N) is 1. The van der Waals surface area contributed by atoms with Gasteiger partial charge < -0.3 is 10.1 Å². The summed E-state index contributed by atoms with van der Waals surface area (Å²) in [4.78, 5) is 40.7. The Bertz CT molecular complexity index is 777. The second kappa shape index (κ2) is 9.50. The maximum absolute atomic E-state index is 12.5. The van der Waals surface area contributed by atoms with Gasteiger partial charge in [0.1, 0.15) is 0 Å². The van der Waals surface area contributed by atoms with Gasteiger partial charge >= 0.3 is 0 Å². The quantitative estimate of drug-likeness (QED) is 0.673. The van der Waals surface area contributed by atoms with Crippen LogP contribution in [0.4, 0.5) is 0 Å². The van der Waals surface area contributed by atoms with E-state index in [9.17, 15) is 14.4 Å². The predicted molar refractivity (Wildman–Crippen MR) is 110 cm³/mol. The number of ether oxygens (including phenoxy) is 1. The maximum Gasteiger partial charge on any atom is 0.261 e. The molecule has 29 heavy (non-hydrogen) atoms. The molecule has 2 aliphatic heterocycles. The van der Waals surface area contributed by atoms with Crippen molar-refractivity contribution in [3.8, 4) is 0 Å². The Morgan fingerprint density at radius 1 is 1.24 bits per heavy atom. The first-order valence-electron chi connectivity index (χ1n) is 10.4. The lowest BCUT2D eigenvalue weighted by Gasteiger charge is -2.33. The molecule has 0 radical (unpaired) electrons. The third-order valence-electron chi connectivity index (χ3n) is 5.28. The molecule has 2 heterocycles. The van der Waals surface area contributed by atoms with E-state index in [1.54, 1.807) is 12.1 Å². The summed E-state index contributed by atoms with van der Waals surface area (Å²) >= 11 is 0. The van der Waals surface area contributed by atoms with Crippen molar-refractivity contribution in [3.63, 3.8) is 0 Å². The molecule has 0 aromatic heterocycles. The van der Waals surface area contributed by atoms with Crippen molar-refractivity contribution < 1.29 is 19.1 Å². The predicted octanol–water partition coefficient (Wildman–Crippen LogP) is 1.84. The highest BCUT2D eigenvalue weighted by Crippen LogP contribution is 2.24. The Morgan fingerprint density at radius 2 is 2.00 bits per heavy atom. The lowest BCUT2D eigenvalue weighted by molar-refractivity contribution is -0.122. The zero-order valence-corrected chi connectivity index (χ0v) is 17.6. The summed E-state index contributed by atoms with van der Waals surface area (Å²) in [5.41, 5.74) is 1.85. The fourth-order valence-corrected chi connectivity index (χ4v) is 3.91. The third-order valence-corrected chi connectivity index (χ3v) is 5.28. The van der Waals surface area contributed by atoms with Gasteiger partial charge in [-0.3, -0.25) is 24.2 Å². The zero-order valence-electron chi connectivity index (χ0n) is 17.6. The first kappa shape index (κ1) is 21.5. The smallest absolute Gasteiger partial charge is 0.261 e. The van der Waals surface area contributed by atoms with E-state index in [-0.39, 0.29) is 36.8 Å². The van der Waals surface area contributed by atoms with Gasteiger partial charge in [-0.1, -0.05) is 25.5 Å². The van der Waals surface area contributed by atoms with Gasteiger partial charge in [0.2, 0.25) is 5.91 Å². The molecular weight excluding hydrogens is 370 g/mol. The number of amides is 3. The average molecular weight is 402 g/mol. The highest BCUT2D eigenvalue weighted by atomic mass is 16.5. The largest absolute Gasteiger partial charge is 0.374 e. The van der Waals surface area contributed by atoms with Crippen LogP contribution in [0.3, 0.4) is 0 Å². The molecule has 0 aliphatic carbocycles. The van der Waals surface area contributed by atoms with Crippen molar-refractivity contribution in [1.82, 2.24) is 15.1 Å². The summed E-state index contributed by atoms with van der Waals surface area (Å²) in [6.45, 7) is 10.5. The van der Waals surface area contributed by atoms with Crippen LogP contribution in [0, 0.1) is 12.8 Å². The molecule has 3 amide bonds. The molecule has 7 heteroatoms. The molecule has 7 nitrogen and oxygen atoms in total. The highest BCUT2D eigenvalue weighted by Gasteiger charge is 2.35. The molecule has 1 fully saturated rings. The summed E-state index contributed by atoms with van der Waals surface area (Å²) in [7, 11) is 0.